The highest BCUT2D eigenvalue weighted by molar-refractivity contribution is 7.08. The van der Waals surface area contributed by atoms with Gasteiger partial charge in [0.15, 0.2) is 18.3 Å². The van der Waals surface area contributed by atoms with E-state index in [1.165, 1.54) is 12.1 Å². The Morgan fingerprint density at radius 3 is 1.73 bits per heavy atom. The number of ether oxygens (including phenoxy) is 5. The van der Waals surface area contributed by atoms with E-state index in [1.54, 1.807) is 12.1 Å². The van der Waals surface area contributed by atoms with Gasteiger partial charge in [-0.25, -0.2) is 9.59 Å². The Kier molecular flexibility index (Phi) is 10.2. The van der Waals surface area contributed by atoms with Gasteiger partial charge in [0.2, 0.25) is 12.4 Å². The number of hydrogen-bond acceptors (Lipinski definition) is 11. The van der Waals surface area contributed by atoms with E-state index in [9.17, 15) is 33.9 Å². The van der Waals surface area contributed by atoms with Crippen molar-refractivity contribution in [1.29, 1.82) is 0 Å². The number of nitrogens with one attached hydrogen (secondary N) is 1. The summed E-state index contributed by atoms with van der Waals surface area (Å²) in [4.78, 5) is 73.0. The number of carboxylic acid groups (broad SMARTS) is 1. The fourth-order valence-electron chi connectivity index (χ4n) is 3.73. The van der Waals surface area contributed by atoms with Crippen molar-refractivity contribution in [1.82, 2.24) is 0 Å². The minimum atomic E-state index is -2.32. The van der Waals surface area contributed by atoms with Crippen LogP contribution in [0.15, 0.2) is 24.3 Å². The molecule has 2 rings (SSSR count). The zero-order valence-electron chi connectivity index (χ0n) is 23.6. The van der Waals surface area contributed by atoms with Crippen LogP contribution in [0.3, 0.4) is 0 Å². The summed E-state index contributed by atoms with van der Waals surface area (Å²) in [6, 6.07) is 6.12. The highest BCUT2D eigenvalue weighted by Gasteiger charge is 2.56. The van der Waals surface area contributed by atoms with Gasteiger partial charge in [-0.3, -0.25) is 19.7 Å². The van der Waals surface area contributed by atoms with E-state index < -0.39 is 68.8 Å². The molecule has 0 aliphatic carbocycles. The van der Waals surface area contributed by atoms with Crippen molar-refractivity contribution in [3.05, 3.63) is 29.8 Å². The van der Waals surface area contributed by atoms with Gasteiger partial charge in [0.1, 0.15) is 13.5 Å². The summed E-state index contributed by atoms with van der Waals surface area (Å²) in [7, 11) is -2.32. The monoisotopic (exact) mass is 581 g/mol. The van der Waals surface area contributed by atoms with Gasteiger partial charge in [-0.2, -0.15) is 0 Å². The maximum atomic E-state index is 13.1. The number of hydrogen-bond donors (Lipinski definition) is 2. The van der Waals surface area contributed by atoms with Crippen molar-refractivity contribution in [3.63, 3.8) is 0 Å². The van der Waals surface area contributed by atoms with Crippen LogP contribution in [0.25, 0.3) is 0 Å². The maximum Gasteiger partial charge on any atom is 0.414 e. The molecule has 0 aromatic heterocycles. The minimum absolute atomic E-state index is 0.0486. The maximum absolute atomic E-state index is 13.1. The molecule has 0 radical (unpaired) electrons. The first kappa shape index (κ1) is 32.4. The largest absolute Gasteiger partial charge is 0.479 e. The molecule has 1 saturated heterocycles. The van der Waals surface area contributed by atoms with Crippen LogP contribution >= 0.6 is 0 Å². The summed E-state index contributed by atoms with van der Waals surface area (Å²) in [6.45, 7) is 13.1. The van der Waals surface area contributed by atoms with E-state index in [0.717, 1.165) is 20.8 Å². The molecule has 1 heterocycles. The van der Waals surface area contributed by atoms with Gasteiger partial charge in [0.05, 0.1) is 0 Å². The molecule has 1 aliphatic heterocycles. The molecule has 2 N–H and O–H groups in total. The zero-order chi connectivity index (χ0) is 30.6. The first-order valence-corrected chi connectivity index (χ1v) is 15.4. The van der Waals surface area contributed by atoms with Crippen LogP contribution in [0.1, 0.15) is 51.9 Å². The first-order valence-electron chi connectivity index (χ1n) is 12.4. The van der Waals surface area contributed by atoms with Gasteiger partial charge in [-0.05, 0) is 29.3 Å². The third kappa shape index (κ3) is 7.88. The number of amides is 1. The summed E-state index contributed by atoms with van der Waals surface area (Å²) >= 11 is 0. The van der Waals surface area contributed by atoms with Gasteiger partial charge >= 0.3 is 30.0 Å². The van der Waals surface area contributed by atoms with Crippen molar-refractivity contribution in [2.24, 2.45) is 0 Å². The lowest BCUT2D eigenvalue weighted by Crippen LogP contribution is -2.64. The van der Waals surface area contributed by atoms with Crippen LogP contribution < -0.4 is 5.32 Å². The number of carboxylic acids is 1. The minimum Gasteiger partial charge on any atom is -0.479 e. The van der Waals surface area contributed by atoms with Crippen molar-refractivity contribution in [2.75, 3.05) is 5.32 Å². The van der Waals surface area contributed by atoms with Gasteiger partial charge in [0.25, 0.3) is 0 Å². The van der Waals surface area contributed by atoms with E-state index in [-0.39, 0.29) is 16.1 Å². The number of benzene rings is 1. The second kappa shape index (κ2) is 12.6. The van der Waals surface area contributed by atoms with E-state index in [2.05, 4.69) is 5.32 Å². The first-order chi connectivity index (χ1) is 18.3. The Morgan fingerprint density at radius 2 is 1.27 bits per heavy atom. The topological polar surface area (TPSA) is 181 Å². The highest BCUT2D eigenvalue weighted by atomic mass is 28.3. The number of carbonyl (C=O) groups excluding carboxylic acids is 5. The van der Waals surface area contributed by atoms with Crippen LogP contribution in [0, 0.1) is 0 Å². The predicted molar refractivity (Wildman–Crippen MR) is 141 cm³/mol. The number of carbonyl (C=O) groups is 6. The number of anilines is 1. The number of rotatable bonds is 8. The Labute approximate surface area is 232 Å². The summed E-state index contributed by atoms with van der Waals surface area (Å²) in [6.07, 6.45) is -10.0. The fourth-order valence-corrected chi connectivity index (χ4v) is 5.30. The molecule has 1 aromatic carbocycles. The van der Waals surface area contributed by atoms with Crippen molar-refractivity contribution < 1.29 is 57.6 Å². The smallest absolute Gasteiger partial charge is 0.414 e. The predicted octanol–water partition coefficient (Wildman–Crippen LogP) is 3.07. The van der Waals surface area contributed by atoms with Crippen LogP contribution in [-0.2, 0) is 42.9 Å². The molecule has 0 spiro atoms. The van der Waals surface area contributed by atoms with Crippen molar-refractivity contribution in [3.8, 4) is 0 Å². The Bertz CT molecular complexity index is 1160. The molecule has 5 unspecified atom stereocenters. The second-order valence-corrected chi connectivity index (χ2v) is 16.0. The molecule has 1 amide bonds. The normalized spacial score (nSPS) is 22.9. The standard InChI is InChI=1S/C26H35NO12Si/c1-13(28)35-18-19(36-14(2)29)21(37-15(3)30)24(38-20(18)22(31)32)39-25(34)27-17-11-9-16(10-12-17)23(33)40(7,8)26(4,5)6/h9-12,18-21,24H,1-8H3,(H,27,34)(H,31,32). The quantitative estimate of drug-likeness (QED) is 0.260. The number of aliphatic carboxylic acids is 1. The summed E-state index contributed by atoms with van der Waals surface area (Å²) in [5, 5.41) is 12.0. The average molecular weight is 582 g/mol. The zero-order valence-corrected chi connectivity index (χ0v) is 24.6. The molecule has 1 aromatic rings. The number of esters is 3. The molecular weight excluding hydrogens is 546 g/mol. The third-order valence-electron chi connectivity index (χ3n) is 6.70. The van der Waals surface area contributed by atoms with E-state index >= 15 is 0 Å². The second-order valence-electron chi connectivity index (χ2n) is 10.8. The average Bonchev–Trinajstić information content (AvgIpc) is 2.80. The molecule has 5 atom stereocenters. The van der Waals surface area contributed by atoms with Gasteiger partial charge in [-0.15, -0.1) is 0 Å². The van der Waals surface area contributed by atoms with Crippen LogP contribution in [-0.4, -0.2) is 79.3 Å². The summed E-state index contributed by atoms with van der Waals surface area (Å²) in [5.74, 6) is -4.37. The van der Waals surface area contributed by atoms with Gasteiger partial charge < -0.3 is 33.6 Å². The lowest BCUT2D eigenvalue weighted by Gasteiger charge is -2.42. The molecular formula is C26H35NO12Si. The highest BCUT2D eigenvalue weighted by Crippen LogP contribution is 2.38. The van der Waals surface area contributed by atoms with Crippen LogP contribution in [0.2, 0.25) is 18.1 Å². The molecule has 1 fully saturated rings. The summed E-state index contributed by atoms with van der Waals surface area (Å²) in [5.41, 5.74) is 0.724. The Balaban J connectivity index is 2.29. The lowest BCUT2D eigenvalue weighted by atomic mass is 9.98. The molecule has 13 nitrogen and oxygen atoms in total. The lowest BCUT2D eigenvalue weighted by molar-refractivity contribution is -0.287. The molecule has 0 bridgehead atoms. The van der Waals surface area contributed by atoms with E-state index in [4.69, 9.17) is 23.7 Å². The van der Waals surface area contributed by atoms with E-state index in [0.29, 0.717) is 5.56 Å². The molecule has 220 valence electrons. The van der Waals surface area contributed by atoms with Gasteiger partial charge in [-0.1, -0.05) is 33.9 Å². The van der Waals surface area contributed by atoms with Crippen molar-refractivity contribution in [2.45, 2.75) is 90.4 Å². The molecule has 0 saturated carbocycles. The van der Waals surface area contributed by atoms with Gasteiger partial charge in [0, 0.05) is 32.0 Å². The third-order valence-corrected chi connectivity index (χ3v) is 11.9. The molecule has 1 aliphatic rings. The SMILES string of the molecule is CC(=O)OC1C(OC(=O)Nc2ccc(C(=O)[Si](C)(C)C(C)(C)C)cc2)OC(C(=O)O)C(OC(C)=O)C1OC(C)=O. The van der Waals surface area contributed by atoms with Crippen LogP contribution in [0.4, 0.5) is 10.5 Å². The van der Waals surface area contributed by atoms with Crippen molar-refractivity contribution >= 4 is 49.1 Å². The Morgan fingerprint density at radius 1 is 0.800 bits per heavy atom. The molecule has 14 heteroatoms. The molecule has 40 heavy (non-hydrogen) atoms. The van der Waals surface area contributed by atoms with Crippen LogP contribution in [0.5, 0.6) is 0 Å². The van der Waals surface area contributed by atoms with E-state index in [1.807, 2.05) is 33.9 Å². The summed E-state index contributed by atoms with van der Waals surface area (Å²) < 4.78 is 25.9. The Hall–Kier alpha value is -3.78. The fraction of sp³-hybridized carbons (Fsp3) is 0.538.